The molecule has 13 heteroatoms. The number of nitrogens with zero attached hydrogens (tertiary/aromatic N) is 4. The Morgan fingerprint density at radius 2 is 1.26 bits per heavy atom. The molecule has 0 bridgehead atoms. The Labute approximate surface area is 221 Å². The maximum Gasteiger partial charge on any atom is 0.292 e. The van der Waals surface area contributed by atoms with Crippen LogP contribution in [0, 0.1) is 13.8 Å². The van der Waals surface area contributed by atoms with Crippen molar-refractivity contribution in [2.24, 2.45) is 0 Å². The fourth-order valence-corrected chi connectivity index (χ4v) is 3.82. The summed E-state index contributed by atoms with van der Waals surface area (Å²) in [6.07, 6.45) is 4.55. The predicted octanol–water partition coefficient (Wildman–Crippen LogP) is 1.85. The highest BCUT2D eigenvalue weighted by atomic mass is 35.5. The fraction of sp³-hybridized carbons (Fsp3) is 0.190. The van der Waals surface area contributed by atoms with E-state index in [2.05, 4.69) is 0 Å². The van der Waals surface area contributed by atoms with Crippen molar-refractivity contribution in [2.75, 3.05) is 10.1 Å². The number of carbonyl (C=O) groups is 2. The summed E-state index contributed by atoms with van der Waals surface area (Å²) in [4.78, 5) is 24.9. The Balaban J connectivity index is 0.00000408. The van der Waals surface area contributed by atoms with Gasteiger partial charge in [0.15, 0.2) is 13.1 Å². The quantitative estimate of drug-likeness (QED) is 0.270. The van der Waals surface area contributed by atoms with E-state index in [1.54, 1.807) is 13.8 Å². The third-order valence-electron chi connectivity index (χ3n) is 4.87. The number of benzene rings is 2. The van der Waals surface area contributed by atoms with E-state index in [4.69, 9.17) is 46.4 Å². The van der Waals surface area contributed by atoms with Crippen molar-refractivity contribution >= 4 is 69.6 Å². The van der Waals surface area contributed by atoms with Gasteiger partial charge in [-0.25, -0.2) is 9.13 Å². The van der Waals surface area contributed by atoms with E-state index in [1.165, 1.54) is 52.1 Å². The van der Waals surface area contributed by atoms with Gasteiger partial charge in [0, 0.05) is 20.1 Å². The van der Waals surface area contributed by atoms with E-state index < -0.39 is 11.8 Å². The second-order valence-electron chi connectivity index (χ2n) is 7.24. The number of hydrogen-bond donors (Lipinski definition) is 2. The molecule has 0 saturated carbocycles. The standard InChI is InChI=1S/C21H19Cl4N4O4.ClH/c1-12-16(22)5-14(6-17(12)23)28(32)20(30)9-26-3-4-27(11-26)10-21(31)29(33)15-7-18(24)13(2)19(25)8-15;/h3-8,11,32-33H,9-10H2,1-2H3;1H/q+1;/p-1. The molecule has 0 spiro atoms. The Kier molecular flexibility index (Phi) is 9.62. The summed E-state index contributed by atoms with van der Waals surface area (Å²) in [5.41, 5.74) is 1.52. The summed E-state index contributed by atoms with van der Waals surface area (Å²) in [6, 6.07) is 5.70. The molecule has 0 aliphatic heterocycles. The van der Waals surface area contributed by atoms with Crippen LogP contribution in [0.25, 0.3) is 0 Å². The number of anilines is 2. The van der Waals surface area contributed by atoms with E-state index in [1.807, 2.05) is 0 Å². The van der Waals surface area contributed by atoms with Gasteiger partial charge in [-0.15, -0.1) is 0 Å². The second kappa shape index (κ2) is 11.6. The molecule has 1 aromatic heterocycles. The number of amides is 2. The molecule has 2 N–H and O–H groups in total. The van der Waals surface area contributed by atoms with Crippen molar-refractivity contribution in [1.29, 1.82) is 0 Å². The SMILES string of the molecule is Cc1c(Cl)cc(N(O)C(=O)Cn2cc[n+](CC(=O)N(O)c3cc(Cl)c(C)c(Cl)c3)c2)cc1Cl.[Cl-]. The lowest BCUT2D eigenvalue weighted by molar-refractivity contribution is -0.683. The monoisotopic (exact) mass is 566 g/mol. The molecule has 0 aliphatic carbocycles. The zero-order chi connectivity index (χ0) is 24.4. The topological polar surface area (TPSA) is 89.9 Å². The van der Waals surface area contributed by atoms with Crippen LogP contribution in [0.4, 0.5) is 11.4 Å². The van der Waals surface area contributed by atoms with Gasteiger partial charge in [0.05, 0.1) is 11.4 Å². The number of hydroxylamine groups is 2. The first kappa shape index (κ1) is 28.2. The molecule has 2 amide bonds. The molecule has 3 rings (SSSR count). The lowest BCUT2D eigenvalue weighted by atomic mass is 10.2. The smallest absolute Gasteiger partial charge is 0.292 e. The number of carbonyl (C=O) groups excluding carboxylic acids is 2. The van der Waals surface area contributed by atoms with Gasteiger partial charge in [-0.05, 0) is 49.2 Å². The summed E-state index contributed by atoms with van der Waals surface area (Å²) in [7, 11) is 0. The average molecular weight is 569 g/mol. The molecule has 8 nitrogen and oxygen atoms in total. The molecule has 3 aromatic rings. The molecular weight excluding hydrogens is 550 g/mol. The average Bonchev–Trinajstić information content (AvgIpc) is 3.20. The van der Waals surface area contributed by atoms with Gasteiger partial charge in [0.2, 0.25) is 6.33 Å². The fourth-order valence-electron chi connectivity index (χ4n) is 2.87. The van der Waals surface area contributed by atoms with Gasteiger partial charge >= 0.3 is 0 Å². The van der Waals surface area contributed by atoms with E-state index >= 15 is 0 Å². The molecule has 0 radical (unpaired) electrons. The summed E-state index contributed by atoms with van der Waals surface area (Å²) in [6.45, 7) is 2.97. The highest BCUT2D eigenvalue weighted by Crippen LogP contribution is 2.30. The first-order valence-corrected chi connectivity index (χ1v) is 11.0. The third-order valence-corrected chi connectivity index (χ3v) is 6.45. The van der Waals surface area contributed by atoms with E-state index in [0.717, 1.165) is 0 Å². The Bertz CT molecular complexity index is 1100. The number of halogens is 5. The Morgan fingerprint density at radius 3 is 1.71 bits per heavy atom. The largest absolute Gasteiger partial charge is 1.00 e. The van der Waals surface area contributed by atoms with Crippen molar-refractivity contribution in [3.8, 4) is 0 Å². The summed E-state index contributed by atoms with van der Waals surface area (Å²) in [5, 5.41) is 22.6. The van der Waals surface area contributed by atoms with Crippen LogP contribution >= 0.6 is 46.4 Å². The number of aromatic nitrogens is 2. The van der Waals surface area contributed by atoms with Crippen molar-refractivity contribution < 1.29 is 37.0 Å². The normalized spacial score (nSPS) is 10.6. The van der Waals surface area contributed by atoms with Crippen LogP contribution in [-0.2, 0) is 22.7 Å². The highest BCUT2D eigenvalue weighted by Gasteiger charge is 2.22. The molecular formula is C21H19Cl5N4O4. The van der Waals surface area contributed by atoms with Crippen LogP contribution in [0.3, 0.4) is 0 Å². The van der Waals surface area contributed by atoms with Crippen LogP contribution < -0.4 is 27.1 Å². The Hall–Kier alpha value is -2.04. The molecule has 0 aliphatic rings. The summed E-state index contributed by atoms with van der Waals surface area (Å²) >= 11 is 24.2. The molecule has 1 heterocycles. The summed E-state index contributed by atoms with van der Waals surface area (Å²) in [5.74, 6) is -1.32. The Morgan fingerprint density at radius 1 is 0.853 bits per heavy atom. The molecule has 0 fully saturated rings. The second-order valence-corrected chi connectivity index (χ2v) is 8.87. The van der Waals surface area contributed by atoms with Crippen LogP contribution in [0.15, 0.2) is 43.0 Å². The van der Waals surface area contributed by atoms with Crippen LogP contribution in [0.2, 0.25) is 20.1 Å². The molecule has 34 heavy (non-hydrogen) atoms. The van der Waals surface area contributed by atoms with Gasteiger partial charge in [-0.2, -0.15) is 10.1 Å². The lowest BCUT2D eigenvalue weighted by Crippen LogP contribution is -3.00. The van der Waals surface area contributed by atoms with Crippen LogP contribution in [0.1, 0.15) is 11.1 Å². The zero-order valence-electron chi connectivity index (χ0n) is 17.8. The maximum absolute atomic E-state index is 12.5. The van der Waals surface area contributed by atoms with E-state index in [-0.39, 0.29) is 36.9 Å². The number of imidazole rings is 1. The van der Waals surface area contributed by atoms with Crippen LogP contribution in [0.5, 0.6) is 0 Å². The van der Waals surface area contributed by atoms with E-state index in [0.29, 0.717) is 41.3 Å². The van der Waals surface area contributed by atoms with Crippen LogP contribution in [-0.4, -0.2) is 26.8 Å². The van der Waals surface area contributed by atoms with E-state index in [9.17, 15) is 20.0 Å². The summed E-state index contributed by atoms with van der Waals surface area (Å²) < 4.78 is 2.91. The maximum atomic E-state index is 12.5. The first-order chi connectivity index (χ1) is 15.5. The molecule has 182 valence electrons. The highest BCUT2D eigenvalue weighted by molar-refractivity contribution is 6.37. The van der Waals surface area contributed by atoms with Gasteiger partial charge in [0.1, 0.15) is 12.4 Å². The number of rotatable bonds is 6. The molecule has 0 saturated heterocycles. The van der Waals surface area contributed by atoms with Gasteiger partial charge < -0.3 is 12.4 Å². The third kappa shape index (κ3) is 6.34. The van der Waals surface area contributed by atoms with Gasteiger partial charge in [-0.1, -0.05) is 46.4 Å². The first-order valence-electron chi connectivity index (χ1n) is 9.47. The minimum absolute atomic E-state index is 0. The van der Waals surface area contributed by atoms with Gasteiger partial charge in [-0.3, -0.25) is 20.0 Å². The minimum atomic E-state index is -0.659. The van der Waals surface area contributed by atoms with Crippen molar-refractivity contribution in [3.63, 3.8) is 0 Å². The van der Waals surface area contributed by atoms with Crippen molar-refractivity contribution in [3.05, 3.63) is 74.2 Å². The number of hydrogen-bond acceptors (Lipinski definition) is 4. The van der Waals surface area contributed by atoms with Crippen molar-refractivity contribution in [2.45, 2.75) is 26.9 Å². The minimum Gasteiger partial charge on any atom is -1.00 e. The molecule has 0 unspecified atom stereocenters. The lowest BCUT2D eigenvalue weighted by Gasteiger charge is -2.16. The van der Waals surface area contributed by atoms with Crippen molar-refractivity contribution in [1.82, 2.24) is 4.57 Å². The predicted molar refractivity (Wildman–Crippen MR) is 126 cm³/mol. The molecule has 0 atom stereocenters. The molecule has 2 aromatic carbocycles. The zero-order valence-corrected chi connectivity index (χ0v) is 21.6. The van der Waals surface area contributed by atoms with Gasteiger partial charge in [0.25, 0.3) is 11.8 Å².